The van der Waals surface area contributed by atoms with Crippen molar-refractivity contribution in [2.45, 2.75) is 19.5 Å². The molecule has 0 aliphatic carbocycles. The number of fused-ring (bicyclic) bond motifs is 1. The molecule has 6 heteroatoms. The molecular formula is C18H22N4O2. The summed E-state index contributed by atoms with van der Waals surface area (Å²) in [6, 6.07) is 7.79. The molecule has 6 nitrogen and oxygen atoms in total. The number of ether oxygens (including phenoxy) is 1. The number of methoxy groups -OCH3 is 1. The molecule has 2 heterocycles. The van der Waals surface area contributed by atoms with Crippen LogP contribution in [0.15, 0.2) is 36.8 Å². The summed E-state index contributed by atoms with van der Waals surface area (Å²) in [6.45, 7) is 2.58. The van der Waals surface area contributed by atoms with Crippen LogP contribution < -0.4 is 4.74 Å². The summed E-state index contributed by atoms with van der Waals surface area (Å²) in [6.07, 6.45) is 4.34. The van der Waals surface area contributed by atoms with E-state index in [1.807, 2.05) is 37.5 Å². The van der Waals surface area contributed by atoms with Crippen molar-refractivity contribution in [3.05, 3.63) is 53.6 Å². The Hall–Kier alpha value is -2.47. The van der Waals surface area contributed by atoms with E-state index >= 15 is 0 Å². The second-order valence-corrected chi connectivity index (χ2v) is 6.05. The lowest BCUT2D eigenvalue weighted by Gasteiger charge is -2.28. The number of likely N-dealkylation sites (N-methyl/N-ethyl adjacent to an activating group) is 1. The van der Waals surface area contributed by atoms with Gasteiger partial charge >= 0.3 is 0 Å². The van der Waals surface area contributed by atoms with Gasteiger partial charge in [0.1, 0.15) is 12.1 Å². The molecule has 0 spiro atoms. The van der Waals surface area contributed by atoms with Gasteiger partial charge in [0.15, 0.2) is 0 Å². The van der Waals surface area contributed by atoms with E-state index in [0.29, 0.717) is 19.6 Å². The predicted molar refractivity (Wildman–Crippen MR) is 90.5 cm³/mol. The highest BCUT2D eigenvalue weighted by Crippen LogP contribution is 2.16. The third kappa shape index (κ3) is 3.89. The van der Waals surface area contributed by atoms with Gasteiger partial charge in [-0.2, -0.15) is 0 Å². The quantitative estimate of drug-likeness (QED) is 0.833. The van der Waals surface area contributed by atoms with E-state index in [9.17, 15) is 4.79 Å². The number of rotatable bonds is 5. The van der Waals surface area contributed by atoms with Gasteiger partial charge in [-0.05, 0) is 29.7 Å². The molecule has 0 unspecified atom stereocenters. The summed E-state index contributed by atoms with van der Waals surface area (Å²) in [5.41, 5.74) is 3.30. The van der Waals surface area contributed by atoms with Crippen LogP contribution in [0.4, 0.5) is 0 Å². The maximum Gasteiger partial charge on any atom is 0.236 e. The summed E-state index contributed by atoms with van der Waals surface area (Å²) < 4.78 is 5.15. The molecule has 0 saturated carbocycles. The summed E-state index contributed by atoms with van der Waals surface area (Å²) in [7, 11) is 3.49. The molecule has 2 aromatic rings. The van der Waals surface area contributed by atoms with Gasteiger partial charge in [-0.25, -0.2) is 9.97 Å². The molecule has 1 amide bonds. The van der Waals surface area contributed by atoms with Crippen LogP contribution in [0.5, 0.6) is 5.75 Å². The van der Waals surface area contributed by atoms with Gasteiger partial charge in [-0.1, -0.05) is 12.1 Å². The molecule has 3 rings (SSSR count). The van der Waals surface area contributed by atoms with Gasteiger partial charge in [0, 0.05) is 32.9 Å². The van der Waals surface area contributed by atoms with E-state index in [1.165, 1.54) is 5.56 Å². The second kappa shape index (κ2) is 7.40. The van der Waals surface area contributed by atoms with Gasteiger partial charge < -0.3 is 9.64 Å². The summed E-state index contributed by atoms with van der Waals surface area (Å²) >= 11 is 0. The van der Waals surface area contributed by atoms with E-state index in [2.05, 4.69) is 14.9 Å². The van der Waals surface area contributed by atoms with Crippen LogP contribution in [0.25, 0.3) is 0 Å². The zero-order chi connectivity index (χ0) is 16.9. The third-order valence-electron chi connectivity index (χ3n) is 4.32. The molecule has 1 aromatic heterocycles. The van der Waals surface area contributed by atoms with Crippen molar-refractivity contribution in [3.63, 3.8) is 0 Å². The number of benzene rings is 1. The largest absolute Gasteiger partial charge is 0.497 e. The fourth-order valence-corrected chi connectivity index (χ4v) is 2.84. The zero-order valence-electron chi connectivity index (χ0n) is 14.1. The number of hydrogen-bond acceptors (Lipinski definition) is 5. The molecule has 0 N–H and O–H groups in total. The first-order valence-corrected chi connectivity index (χ1v) is 8.02. The summed E-state index contributed by atoms with van der Waals surface area (Å²) in [5.74, 6) is 0.935. The van der Waals surface area contributed by atoms with E-state index in [4.69, 9.17) is 4.74 Å². The highest BCUT2D eigenvalue weighted by molar-refractivity contribution is 5.78. The van der Waals surface area contributed by atoms with Gasteiger partial charge in [0.2, 0.25) is 5.91 Å². The molecule has 1 aliphatic heterocycles. The Morgan fingerprint density at radius 3 is 2.88 bits per heavy atom. The van der Waals surface area contributed by atoms with Gasteiger partial charge in [0.05, 0.1) is 19.3 Å². The first kappa shape index (κ1) is 16.4. The minimum atomic E-state index is 0.114. The first-order valence-electron chi connectivity index (χ1n) is 8.02. The van der Waals surface area contributed by atoms with Gasteiger partial charge in [-0.15, -0.1) is 0 Å². The molecule has 1 aromatic carbocycles. The SMILES string of the molecule is COc1ccc(CN(C)C(=O)CN2CCc3cncnc3C2)cc1. The predicted octanol–water partition coefficient (Wildman–Crippen LogP) is 1.50. The Morgan fingerprint density at radius 1 is 1.33 bits per heavy atom. The smallest absolute Gasteiger partial charge is 0.236 e. The maximum absolute atomic E-state index is 12.5. The molecule has 0 saturated heterocycles. The second-order valence-electron chi connectivity index (χ2n) is 6.05. The van der Waals surface area contributed by atoms with Crippen molar-refractivity contribution < 1.29 is 9.53 Å². The molecule has 1 aliphatic rings. The Morgan fingerprint density at radius 2 is 2.12 bits per heavy atom. The van der Waals surface area contributed by atoms with Crippen molar-refractivity contribution in [3.8, 4) is 5.75 Å². The highest BCUT2D eigenvalue weighted by atomic mass is 16.5. The van der Waals surface area contributed by atoms with Gasteiger partial charge in [0.25, 0.3) is 0 Å². The van der Waals surface area contributed by atoms with Crippen LogP contribution >= 0.6 is 0 Å². The van der Waals surface area contributed by atoms with Crippen LogP contribution in [-0.2, 0) is 24.3 Å². The molecule has 0 radical (unpaired) electrons. The van der Waals surface area contributed by atoms with Crippen molar-refractivity contribution in [1.29, 1.82) is 0 Å². The fourth-order valence-electron chi connectivity index (χ4n) is 2.84. The third-order valence-corrected chi connectivity index (χ3v) is 4.32. The van der Waals surface area contributed by atoms with E-state index in [1.54, 1.807) is 18.3 Å². The number of amides is 1. The zero-order valence-corrected chi connectivity index (χ0v) is 14.1. The summed E-state index contributed by atoms with van der Waals surface area (Å²) in [5, 5.41) is 0. The standard InChI is InChI=1S/C18H22N4O2/c1-21(10-14-3-5-16(24-2)6-4-14)18(23)12-22-8-7-15-9-19-13-20-17(15)11-22/h3-6,9,13H,7-8,10-12H2,1-2H3. The number of nitrogens with zero attached hydrogens (tertiary/aromatic N) is 4. The molecule has 0 bridgehead atoms. The average Bonchev–Trinajstić information content (AvgIpc) is 2.62. The van der Waals surface area contributed by atoms with Crippen molar-refractivity contribution in [2.24, 2.45) is 0 Å². The van der Waals surface area contributed by atoms with Crippen LogP contribution in [-0.4, -0.2) is 52.9 Å². The van der Waals surface area contributed by atoms with Crippen molar-refractivity contribution in [1.82, 2.24) is 19.8 Å². The normalized spacial score (nSPS) is 14.1. The molecule has 126 valence electrons. The van der Waals surface area contributed by atoms with E-state index in [-0.39, 0.29) is 5.91 Å². The van der Waals surface area contributed by atoms with Gasteiger partial charge in [-0.3, -0.25) is 9.69 Å². The van der Waals surface area contributed by atoms with E-state index < -0.39 is 0 Å². The Balaban J connectivity index is 1.54. The van der Waals surface area contributed by atoms with Crippen LogP contribution in [0, 0.1) is 0 Å². The lowest BCUT2D eigenvalue weighted by atomic mass is 10.1. The molecule has 0 fully saturated rings. The average molecular weight is 326 g/mol. The minimum Gasteiger partial charge on any atom is -0.497 e. The van der Waals surface area contributed by atoms with Crippen LogP contribution in [0.2, 0.25) is 0 Å². The van der Waals surface area contributed by atoms with Crippen LogP contribution in [0.1, 0.15) is 16.8 Å². The summed E-state index contributed by atoms with van der Waals surface area (Å²) in [4.78, 5) is 24.8. The lowest BCUT2D eigenvalue weighted by Crippen LogP contribution is -2.40. The Kier molecular flexibility index (Phi) is 5.05. The van der Waals surface area contributed by atoms with E-state index in [0.717, 1.165) is 30.0 Å². The molecular weight excluding hydrogens is 304 g/mol. The minimum absolute atomic E-state index is 0.114. The number of hydrogen-bond donors (Lipinski definition) is 0. The van der Waals surface area contributed by atoms with Crippen molar-refractivity contribution in [2.75, 3.05) is 27.2 Å². The maximum atomic E-state index is 12.5. The number of carbonyl (C=O) groups excluding carboxylic acids is 1. The number of carbonyl (C=O) groups is 1. The fraction of sp³-hybridized carbons (Fsp3) is 0.389. The highest BCUT2D eigenvalue weighted by Gasteiger charge is 2.21. The number of aromatic nitrogens is 2. The monoisotopic (exact) mass is 326 g/mol. The first-order chi connectivity index (χ1) is 11.7. The lowest BCUT2D eigenvalue weighted by molar-refractivity contribution is -0.131. The topological polar surface area (TPSA) is 58.6 Å². The molecule has 24 heavy (non-hydrogen) atoms. The van der Waals surface area contributed by atoms with Crippen molar-refractivity contribution >= 4 is 5.91 Å². The Bertz CT molecular complexity index is 702. The Labute approximate surface area is 142 Å². The molecule has 0 atom stereocenters. The van der Waals surface area contributed by atoms with Crippen LogP contribution in [0.3, 0.4) is 0 Å².